The third-order valence-corrected chi connectivity index (χ3v) is 3.20. The minimum atomic E-state index is -4.36. The van der Waals surface area contributed by atoms with Crippen molar-refractivity contribution in [3.8, 4) is 0 Å². The van der Waals surface area contributed by atoms with Crippen LogP contribution < -0.4 is 10.6 Å². The summed E-state index contributed by atoms with van der Waals surface area (Å²) in [5.41, 5.74) is -0.714. The highest BCUT2D eigenvalue weighted by Gasteiger charge is 2.30. The number of hydrogen-bond donors (Lipinski definition) is 2. The Morgan fingerprint density at radius 2 is 1.83 bits per heavy atom. The summed E-state index contributed by atoms with van der Waals surface area (Å²) in [6, 6.07) is 4.78. The highest BCUT2D eigenvalue weighted by atomic mass is 19.4. The third-order valence-electron chi connectivity index (χ3n) is 3.20. The molecule has 0 spiro atoms. The van der Waals surface area contributed by atoms with Crippen LogP contribution in [0, 0.1) is 0 Å². The fourth-order valence-electron chi connectivity index (χ4n) is 2.12. The number of carbonyl (C=O) groups is 1. The van der Waals surface area contributed by atoms with Crippen molar-refractivity contribution in [2.75, 3.05) is 6.54 Å². The van der Waals surface area contributed by atoms with Crippen molar-refractivity contribution >= 4 is 6.09 Å². The summed E-state index contributed by atoms with van der Waals surface area (Å²) in [6.45, 7) is 9.22. The van der Waals surface area contributed by atoms with E-state index in [1.807, 2.05) is 6.92 Å². The van der Waals surface area contributed by atoms with E-state index in [-0.39, 0.29) is 12.1 Å². The van der Waals surface area contributed by atoms with E-state index in [4.69, 9.17) is 4.74 Å². The molecule has 1 aromatic carbocycles. The first-order valence-corrected chi connectivity index (χ1v) is 7.78. The molecule has 0 bridgehead atoms. The molecule has 1 rings (SSSR count). The van der Waals surface area contributed by atoms with Crippen LogP contribution in [0.25, 0.3) is 0 Å². The van der Waals surface area contributed by atoms with E-state index in [2.05, 4.69) is 10.6 Å². The van der Waals surface area contributed by atoms with Crippen molar-refractivity contribution in [1.82, 2.24) is 10.6 Å². The van der Waals surface area contributed by atoms with Crippen LogP contribution in [0.5, 0.6) is 0 Å². The molecule has 7 heteroatoms. The van der Waals surface area contributed by atoms with E-state index >= 15 is 0 Å². The Morgan fingerprint density at radius 3 is 2.38 bits per heavy atom. The van der Waals surface area contributed by atoms with Crippen LogP contribution in [0.3, 0.4) is 0 Å². The Bertz CT molecular complexity index is 554. The summed E-state index contributed by atoms with van der Waals surface area (Å²) in [4.78, 5) is 11.6. The van der Waals surface area contributed by atoms with Crippen molar-refractivity contribution in [2.45, 2.75) is 58.5 Å². The monoisotopic (exact) mass is 346 g/mol. The average Bonchev–Trinajstić information content (AvgIpc) is 2.42. The quantitative estimate of drug-likeness (QED) is 0.837. The van der Waals surface area contributed by atoms with E-state index in [1.54, 1.807) is 33.8 Å². The number of amides is 1. The van der Waals surface area contributed by atoms with E-state index in [0.29, 0.717) is 12.1 Å². The Kier molecular flexibility index (Phi) is 6.66. The second kappa shape index (κ2) is 7.88. The van der Waals surface area contributed by atoms with Crippen LogP contribution >= 0.6 is 0 Å². The van der Waals surface area contributed by atoms with Crippen LogP contribution in [0.4, 0.5) is 18.0 Å². The number of halogens is 3. The van der Waals surface area contributed by atoms with Crippen molar-refractivity contribution in [1.29, 1.82) is 0 Å². The van der Waals surface area contributed by atoms with Gasteiger partial charge in [0.2, 0.25) is 0 Å². The van der Waals surface area contributed by atoms with Gasteiger partial charge in [-0.25, -0.2) is 4.79 Å². The summed E-state index contributed by atoms with van der Waals surface area (Å²) in [6.07, 6.45) is -4.89. The van der Waals surface area contributed by atoms with E-state index in [0.717, 1.165) is 12.1 Å². The van der Waals surface area contributed by atoms with Crippen LogP contribution in [-0.4, -0.2) is 24.3 Å². The number of nitrogens with one attached hydrogen (secondary N) is 2. The van der Waals surface area contributed by atoms with Crippen molar-refractivity contribution < 1.29 is 22.7 Å². The molecule has 2 atom stereocenters. The lowest BCUT2D eigenvalue weighted by molar-refractivity contribution is -0.137. The smallest absolute Gasteiger partial charge is 0.416 e. The maximum absolute atomic E-state index is 12.8. The molecular formula is C17H25F3N2O2. The first-order valence-electron chi connectivity index (χ1n) is 7.78. The topological polar surface area (TPSA) is 50.4 Å². The Morgan fingerprint density at radius 1 is 1.21 bits per heavy atom. The van der Waals surface area contributed by atoms with Crippen LogP contribution in [0.1, 0.15) is 51.8 Å². The van der Waals surface area contributed by atoms with Crippen LogP contribution in [-0.2, 0) is 10.9 Å². The number of rotatable bonds is 5. The van der Waals surface area contributed by atoms with E-state index in [9.17, 15) is 18.0 Å². The second-order valence-electron chi connectivity index (χ2n) is 6.80. The predicted octanol–water partition coefficient (Wildman–Crippen LogP) is 4.27. The first kappa shape index (κ1) is 20.3. The Balaban J connectivity index is 2.55. The summed E-state index contributed by atoms with van der Waals surface area (Å²) in [5.74, 6) is 0. The molecule has 0 aliphatic rings. The molecule has 0 aromatic heterocycles. The molecule has 0 aliphatic heterocycles. The predicted molar refractivity (Wildman–Crippen MR) is 86.7 cm³/mol. The van der Waals surface area contributed by atoms with Gasteiger partial charge in [0.15, 0.2) is 0 Å². The molecule has 0 fully saturated rings. The largest absolute Gasteiger partial charge is 0.444 e. The van der Waals surface area contributed by atoms with Gasteiger partial charge in [-0.3, -0.25) is 0 Å². The molecule has 24 heavy (non-hydrogen) atoms. The van der Waals surface area contributed by atoms with Crippen molar-refractivity contribution in [3.63, 3.8) is 0 Å². The lowest BCUT2D eigenvalue weighted by Gasteiger charge is -2.23. The third kappa shape index (κ3) is 7.21. The van der Waals surface area contributed by atoms with Gasteiger partial charge < -0.3 is 15.4 Å². The highest BCUT2D eigenvalue weighted by Crippen LogP contribution is 2.30. The molecule has 0 aliphatic carbocycles. The van der Waals surface area contributed by atoms with Gasteiger partial charge in [0, 0.05) is 18.6 Å². The number of ether oxygens (including phenoxy) is 1. The van der Waals surface area contributed by atoms with Crippen molar-refractivity contribution in [2.24, 2.45) is 0 Å². The van der Waals surface area contributed by atoms with E-state index < -0.39 is 23.4 Å². The Hall–Kier alpha value is -1.76. The second-order valence-corrected chi connectivity index (χ2v) is 6.80. The molecule has 0 saturated carbocycles. The first-order chi connectivity index (χ1) is 10.9. The zero-order valence-electron chi connectivity index (χ0n) is 14.6. The van der Waals surface area contributed by atoms with Gasteiger partial charge in [-0.15, -0.1) is 0 Å². The molecule has 136 valence electrons. The maximum Gasteiger partial charge on any atom is 0.416 e. The summed E-state index contributed by atoms with van der Waals surface area (Å²) in [5, 5.41) is 5.78. The van der Waals surface area contributed by atoms with Gasteiger partial charge in [-0.1, -0.05) is 12.1 Å². The minimum absolute atomic E-state index is 0.137. The molecule has 4 nitrogen and oxygen atoms in total. The summed E-state index contributed by atoms with van der Waals surface area (Å²) in [7, 11) is 0. The fraction of sp³-hybridized carbons (Fsp3) is 0.588. The maximum atomic E-state index is 12.8. The van der Waals surface area contributed by atoms with Gasteiger partial charge in [0.25, 0.3) is 0 Å². The number of benzene rings is 1. The average molecular weight is 346 g/mol. The van der Waals surface area contributed by atoms with Gasteiger partial charge in [0.05, 0.1) is 5.56 Å². The molecule has 2 unspecified atom stereocenters. The number of carbonyl (C=O) groups excluding carboxylic acids is 1. The molecule has 1 amide bonds. The molecule has 2 N–H and O–H groups in total. The van der Waals surface area contributed by atoms with Gasteiger partial charge in [-0.2, -0.15) is 13.2 Å². The number of hydrogen-bond acceptors (Lipinski definition) is 3. The number of alkyl halides is 3. The zero-order valence-corrected chi connectivity index (χ0v) is 14.6. The van der Waals surface area contributed by atoms with Gasteiger partial charge in [-0.05, 0) is 52.3 Å². The lowest BCUT2D eigenvalue weighted by atomic mass is 10.0. The van der Waals surface area contributed by atoms with E-state index in [1.165, 1.54) is 6.07 Å². The summed E-state index contributed by atoms with van der Waals surface area (Å²) >= 11 is 0. The molecule has 0 heterocycles. The minimum Gasteiger partial charge on any atom is -0.444 e. The van der Waals surface area contributed by atoms with Gasteiger partial charge >= 0.3 is 12.3 Å². The SMILES string of the molecule is CC(CNC(=O)OC(C)(C)C)NC(C)c1cccc(C(F)(F)F)c1. The molecular weight excluding hydrogens is 321 g/mol. The van der Waals surface area contributed by atoms with Crippen LogP contribution in [0.2, 0.25) is 0 Å². The van der Waals surface area contributed by atoms with Crippen molar-refractivity contribution in [3.05, 3.63) is 35.4 Å². The highest BCUT2D eigenvalue weighted by molar-refractivity contribution is 5.67. The van der Waals surface area contributed by atoms with Crippen LogP contribution in [0.15, 0.2) is 24.3 Å². The summed E-state index contributed by atoms with van der Waals surface area (Å²) < 4.78 is 43.4. The normalized spacial score (nSPS) is 14.8. The molecule has 0 saturated heterocycles. The fourth-order valence-corrected chi connectivity index (χ4v) is 2.12. The number of alkyl carbamates (subject to hydrolysis) is 1. The lowest BCUT2D eigenvalue weighted by Crippen LogP contribution is -2.42. The zero-order chi connectivity index (χ0) is 18.5. The molecule has 1 aromatic rings. The Labute approximate surface area is 140 Å². The standard InChI is InChI=1S/C17H25F3N2O2/c1-11(10-21-15(23)24-16(3,4)5)22-12(2)13-7-6-8-14(9-13)17(18,19)20/h6-9,11-12,22H,10H2,1-5H3,(H,21,23). The van der Waals surface area contributed by atoms with Gasteiger partial charge in [0.1, 0.15) is 5.60 Å². The molecule has 0 radical (unpaired) electrons.